The molecule has 1 aliphatic rings. The highest BCUT2D eigenvalue weighted by Gasteiger charge is 2.38. The highest BCUT2D eigenvalue weighted by molar-refractivity contribution is 5.79. The number of carbonyl (C=O) groups excluding carboxylic acids is 1. The number of rotatable bonds is 4. The zero-order chi connectivity index (χ0) is 14.0. The smallest absolute Gasteiger partial charge is 0.224 e. The molecule has 4 N–H and O–H groups in total. The van der Waals surface area contributed by atoms with Crippen LogP contribution in [-0.4, -0.2) is 29.6 Å². The molecule has 1 rings (SSSR count). The zero-order valence-corrected chi connectivity index (χ0v) is 12.5. The van der Waals surface area contributed by atoms with Gasteiger partial charge < -0.3 is 16.4 Å². The predicted molar refractivity (Wildman–Crippen MR) is 75.3 cm³/mol. The van der Waals surface area contributed by atoms with Crippen molar-refractivity contribution in [1.29, 1.82) is 0 Å². The van der Waals surface area contributed by atoms with E-state index in [1.165, 1.54) is 0 Å². The van der Waals surface area contributed by atoms with Crippen LogP contribution in [0.1, 0.15) is 53.9 Å². The zero-order valence-electron chi connectivity index (χ0n) is 12.5. The Bertz CT molecular complexity index is 279. The van der Waals surface area contributed by atoms with E-state index in [1.807, 2.05) is 6.92 Å². The quantitative estimate of drug-likeness (QED) is 0.711. The average molecular weight is 255 g/mol. The lowest BCUT2D eigenvalue weighted by Crippen LogP contribution is -2.62. The second-order valence-electron chi connectivity index (χ2n) is 6.85. The fourth-order valence-electron chi connectivity index (χ4n) is 3.20. The molecule has 1 aliphatic heterocycles. The van der Waals surface area contributed by atoms with Crippen LogP contribution in [0.15, 0.2) is 0 Å². The first-order valence-electron chi connectivity index (χ1n) is 6.99. The Morgan fingerprint density at radius 3 is 2.22 bits per heavy atom. The van der Waals surface area contributed by atoms with Crippen LogP contribution in [0.5, 0.6) is 0 Å². The van der Waals surface area contributed by atoms with Crippen molar-refractivity contribution in [2.45, 2.75) is 71.0 Å². The Morgan fingerprint density at radius 1 is 1.33 bits per heavy atom. The molecule has 0 aromatic rings. The van der Waals surface area contributed by atoms with Crippen molar-refractivity contribution in [2.24, 2.45) is 11.7 Å². The van der Waals surface area contributed by atoms with E-state index < -0.39 is 0 Å². The van der Waals surface area contributed by atoms with Crippen molar-refractivity contribution < 1.29 is 4.79 Å². The van der Waals surface area contributed by atoms with E-state index in [0.29, 0.717) is 6.54 Å². The van der Waals surface area contributed by atoms with E-state index in [-0.39, 0.29) is 28.9 Å². The van der Waals surface area contributed by atoms with Crippen molar-refractivity contribution in [1.82, 2.24) is 10.6 Å². The van der Waals surface area contributed by atoms with E-state index in [9.17, 15) is 4.79 Å². The van der Waals surface area contributed by atoms with Crippen LogP contribution in [0.2, 0.25) is 0 Å². The minimum absolute atomic E-state index is 0.0499. The van der Waals surface area contributed by atoms with Gasteiger partial charge in [-0.15, -0.1) is 0 Å². The lowest BCUT2D eigenvalue weighted by molar-refractivity contribution is -0.126. The van der Waals surface area contributed by atoms with Crippen LogP contribution in [0.3, 0.4) is 0 Å². The normalized spacial score (nSPS) is 24.6. The average Bonchev–Trinajstić information content (AvgIpc) is 2.13. The molecule has 1 unspecified atom stereocenters. The summed E-state index contributed by atoms with van der Waals surface area (Å²) >= 11 is 0. The van der Waals surface area contributed by atoms with Gasteiger partial charge in [0.05, 0.1) is 0 Å². The van der Waals surface area contributed by atoms with Crippen molar-refractivity contribution >= 4 is 5.91 Å². The lowest BCUT2D eigenvalue weighted by atomic mass is 9.79. The standard InChI is InChI=1S/C14H29N3O/c1-6-10(9-15)12(18)16-11-7-13(2,3)17-14(4,5)8-11/h10-11,17H,6-9,15H2,1-5H3,(H,16,18). The van der Waals surface area contributed by atoms with Gasteiger partial charge in [0.1, 0.15) is 0 Å². The van der Waals surface area contributed by atoms with E-state index in [2.05, 4.69) is 38.3 Å². The first kappa shape index (κ1) is 15.4. The molecular formula is C14H29N3O. The van der Waals surface area contributed by atoms with Crippen molar-refractivity contribution in [2.75, 3.05) is 6.54 Å². The Hall–Kier alpha value is -0.610. The third-order valence-corrected chi connectivity index (χ3v) is 3.68. The summed E-state index contributed by atoms with van der Waals surface area (Å²) in [6.07, 6.45) is 2.73. The van der Waals surface area contributed by atoms with Gasteiger partial charge in [0, 0.05) is 29.6 Å². The molecule has 0 saturated carbocycles. The second kappa shape index (κ2) is 5.57. The summed E-state index contributed by atoms with van der Waals surface area (Å²) in [7, 11) is 0. The minimum Gasteiger partial charge on any atom is -0.353 e. The van der Waals surface area contributed by atoms with Crippen LogP contribution in [0.25, 0.3) is 0 Å². The highest BCUT2D eigenvalue weighted by atomic mass is 16.1. The van der Waals surface area contributed by atoms with E-state index >= 15 is 0 Å². The molecule has 1 fully saturated rings. The maximum absolute atomic E-state index is 12.1. The van der Waals surface area contributed by atoms with E-state index in [0.717, 1.165) is 19.3 Å². The third kappa shape index (κ3) is 4.25. The summed E-state index contributed by atoms with van der Waals surface area (Å²) in [6, 6.07) is 0.240. The number of nitrogens with one attached hydrogen (secondary N) is 2. The number of hydrogen-bond donors (Lipinski definition) is 3. The Kier molecular flexibility index (Phi) is 4.78. The van der Waals surface area contributed by atoms with Gasteiger partial charge in [-0.3, -0.25) is 4.79 Å². The van der Waals surface area contributed by atoms with Crippen LogP contribution >= 0.6 is 0 Å². The Balaban J connectivity index is 2.64. The van der Waals surface area contributed by atoms with Gasteiger partial charge in [0.2, 0.25) is 5.91 Å². The number of nitrogens with two attached hydrogens (primary N) is 1. The summed E-state index contributed by atoms with van der Waals surface area (Å²) < 4.78 is 0. The fraction of sp³-hybridized carbons (Fsp3) is 0.929. The molecule has 4 heteroatoms. The van der Waals surface area contributed by atoms with Crippen molar-refractivity contribution in [3.63, 3.8) is 0 Å². The number of hydrogen-bond acceptors (Lipinski definition) is 3. The van der Waals surface area contributed by atoms with Crippen LogP contribution in [-0.2, 0) is 4.79 Å². The molecule has 0 bridgehead atoms. The summed E-state index contributed by atoms with van der Waals surface area (Å²) in [6.45, 7) is 11.2. The molecule has 106 valence electrons. The van der Waals surface area contributed by atoms with Gasteiger partial charge >= 0.3 is 0 Å². The molecular weight excluding hydrogens is 226 g/mol. The molecule has 0 radical (unpaired) electrons. The summed E-state index contributed by atoms with van der Waals surface area (Å²) in [4.78, 5) is 12.1. The largest absolute Gasteiger partial charge is 0.353 e. The molecule has 0 aromatic heterocycles. The predicted octanol–water partition coefficient (Wildman–Crippen LogP) is 1.40. The molecule has 1 atom stereocenters. The van der Waals surface area contributed by atoms with Gasteiger partial charge in [-0.25, -0.2) is 0 Å². The minimum atomic E-state index is -0.0499. The first-order chi connectivity index (χ1) is 8.19. The molecule has 4 nitrogen and oxygen atoms in total. The van der Waals surface area contributed by atoms with E-state index in [4.69, 9.17) is 5.73 Å². The van der Waals surface area contributed by atoms with Gasteiger partial charge in [0.25, 0.3) is 0 Å². The lowest BCUT2D eigenvalue weighted by Gasteiger charge is -2.46. The molecule has 1 amide bonds. The number of carbonyl (C=O) groups is 1. The van der Waals surface area contributed by atoms with Crippen LogP contribution in [0.4, 0.5) is 0 Å². The number of piperidine rings is 1. The van der Waals surface area contributed by atoms with Gasteiger partial charge in [0.15, 0.2) is 0 Å². The molecule has 1 saturated heterocycles. The molecule has 1 heterocycles. The molecule has 0 spiro atoms. The first-order valence-corrected chi connectivity index (χ1v) is 6.99. The molecule has 18 heavy (non-hydrogen) atoms. The third-order valence-electron chi connectivity index (χ3n) is 3.68. The van der Waals surface area contributed by atoms with Crippen LogP contribution < -0.4 is 16.4 Å². The Labute approximate surface area is 111 Å². The SMILES string of the molecule is CCC(CN)C(=O)NC1CC(C)(C)NC(C)(C)C1. The van der Waals surface area contributed by atoms with Crippen molar-refractivity contribution in [3.8, 4) is 0 Å². The maximum atomic E-state index is 12.1. The van der Waals surface area contributed by atoms with Crippen LogP contribution in [0, 0.1) is 5.92 Å². The van der Waals surface area contributed by atoms with Gasteiger partial charge in [-0.05, 0) is 47.0 Å². The molecule has 0 aromatic carbocycles. The summed E-state index contributed by atoms with van der Waals surface area (Å²) in [5, 5.41) is 6.79. The monoisotopic (exact) mass is 255 g/mol. The number of amides is 1. The summed E-state index contributed by atoms with van der Waals surface area (Å²) in [5.74, 6) is 0.0598. The summed E-state index contributed by atoms with van der Waals surface area (Å²) in [5.41, 5.74) is 5.74. The topological polar surface area (TPSA) is 67.2 Å². The fourth-order valence-corrected chi connectivity index (χ4v) is 3.20. The van der Waals surface area contributed by atoms with Gasteiger partial charge in [-0.1, -0.05) is 6.92 Å². The van der Waals surface area contributed by atoms with Crippen molar-refractivity contribution in [3.05, 3.63) is 0 Å². The van der Waals surface area contributed by atoms with Gasteiger partial charge in [-0.2, -0.15) is 0 Å². The Morgan fingerprint density at radius 2 is 1.83 bits per heavy atom. The van der Waals surface area contributed by atoms with E-state index in [1.54, 1.807) is 0 Å². The second-order valence-corrected chi connectivity index (χ2v) is 6.85. The maximum Gasteiger partial charge on any atom is 0.224 e. The highest BCUT2D eigenvalue weighted by Crippen LogP contribution is 2.28. The molecule has 0 aliphatic carbocycles.